The van der Waals surface area contributed by atoms with Crippen LogP contribution in [0.15, 0.2) is 48.8 Å². The monoisotopic (exact) mass is 325 g/mol. The third kappa shape index (κ3) is 4.11. The van der Waals surface area contributed by atoms with Crippen molar-refractivity contribution in [1.29, 1.82) is 0 Å². The second-order valence-corrected chi connectivity index (χ2v) is 6.26. The molecule has 0 aliphatic carbocycles. The van der Waals surface area contributed by atoms with Gasteiger partial charge in [-0.15, -0.1) is 0 Å². The maximum Gasteiger partial charge on any atom is 0.254 e. The van der Waals surface area contributed by atoms with E-state index in [9.17, 15) is 4.79 Å². The van der Waals surface area contributed by atoms with Crippen molar-refractivity contribution in [3.63, 3.8) is 0 Å². The lowest BCUT2D eigenvalue weighted by molar-refractivity contribution is -0.0586. The molecule has 2 aromatic rings. The second kappa shape index (κ2) is 7.45. The minimum absolute atomic E-state index is 0.0656. The summed E-state index contributed by atoms with van der Waals surface area (Å²) in [6, 6.07) is 11.6. The van der Waals surface area contributed by atoms with Crippen molar-refractivity contribution >= 4 is 11.6 Å². The number of nitrogens with one attached hydrogen (secondary N) is 1. The van der Waals surface area contributed by atoms with Gasteiger partial charge in [-0.2, -0.15) is 0 Å². The molecule has 2 atom stereocenters. The fraction of sp³-hybridized carbons (Fsp3) is 0.368. The van der Waals surface area contributed by atoms with Crippen LogP contribution < -0.4 is 5.32 Å². The van der Waals surface area contributed by atoms with Gasteiger partial charge in [0.2, 0.25) is 0 Å². The van der Waals surface area contributed by atoms with E-state index < -0.39 is 0 Å². The van der Waals surface area contributed by atoms with Crippen molar-refractivity contribution in [2.45, 2.75) is 32.6 Å². The first kappa shape index (κ1) is 16.5. The first-order valence-corrected chi connectivity index (χ1v) is 8.29. The van der Waals surface area contributed by atoms with Gasteiger partial charge in [-0.25, -0.2) is 0 Å². The van der Waals surface area contributed by atoms with Gasteiger partial charge in [0, 0.05) is 43.3 Å². The molecule has 1 saturated heterocycles. The van der Waals surface area contributed by atoms with E-state index in [-0.39, 0.29) is 18.1 Å². The molecule has 5 heteroatoms. The van der Waals surface area contributed by atoms with Gasteiger partial charge in [0.1, 0.15) is 0 Å². The molecule has 0 spiro atoms. The molecule has 1 fully saturated rings. The lowest BCUT2D eigenvalue weighted by Crippen LogP contribution is -2.48. The van der Waals surface area contributed by atoms with Crippen LogP contribution in [0.5, 0.6) is 0 Å². The number of benzene rings is 1. The Morgan fingerprint density at radius 2 is 1.92 bits per heavy atom. The second-order valence-electron chi connectivity index (χ2n) is 6.26. The molecule has 126 valence electrons. The van der Waals surface area contributed by atoms with Crippen LogP contribution in [-0.4, -0.2) is 41.1 Å². The molecule has 1 N–H and O–H groups in total. The van der Waals surface area contributed by atoms with Crippen molar-refractivity contribution in [1.82, 2.24) is 9.88 Å². The van der Waals surface area contributed by atoms with Crippen molar-refractivity contribution in [3.8, 4) is 0 Å². The topological polar surface area (TPSA) is 54.5 Å². The number of pyridine rings is 1. The highest BCUT2D eigenvalue weighted by Gasteiger charge is 2.26. The summed E-state index contributed by atoms with van der Waals surface area (Å²) in [5, 5.41) is 3.34. The standard InChI is InChI=1S/C19H23N3O2/c1-14-12-22(13-15(2)24-14)19(23)17-5-7-18(8-6-17)21-11-16-4-3-9-20-10-16/h3-10,14-15,21H,11-13H2,1-2H3/t14-,15-/m0/s1. The number of hydrogen-bond donors (Lipinski definition) is 1. The smallest absolute Gasteiger partial charge is 0.254 e. The maximum absolute atomic E-state index is 12.6. The van der Waals surface area contributed by atoms with Crippen molar-refractivity contribution in [2.24, 2.45) is 0 Å². The van der Waals surface area contributed by atoms with Gasteiger partial charge in [-0.1, -0.05) is 6.07 Å². The average molecular weight is 325 g/mol. The summed E-state index contributed by atoms with van der Waals surface area (Å²) in [5.74, 6) is 0.0656. The first-order chi connectivity index (χ1) is 11.6. The predicted octanol–water partition coefficient (Wildman–Crippen LogP) is 2.94. The number of amides is 1. The quantitative estimate of drug-likeness (QED) is 0.939. The number of rotatable bonds is 4. The van der Waals surface area contributed by atoms with Crippen LogP contribution in [0.25, 0.3) is 0 Å². The van der Waals surface area contributed by atoms with Crippen LogP contribution in [0.4, 0.5) is 5.69 Å². The number of carbonyl (C=O) groups is 1. The van der Waals surface area contributed by atoms with Gasteiger partial charge in [0.25, 0.3) is 5.91 Å². The van der Waals surface area contributed by atoms with E-state index in [2.05, 4.69) is 10.3 Å². The van der Waals surface area contributed by atoms with Gasteiger partial charge in [0.05, 0.1) is 12.2 Å². The summed E-state index contributed by atoms with van der Waals surface area (Å²) >= 11 is 0. The zero-order valence-electron chi connectivity index (χ0n) is 14.1. The number of anilines is 1. The van der Waals surface area contributed by atoms with E-state index >= 15 is 0 Å². The fourth-order valence-corrected chi connectivity index (χ4v) is 2.96. The number of aromatic nitrogens is 1. The first-order valence-electron chi connectivity index (χ1n) is 8.29. The Balaban J connectivity index is 1.60. The van der Waals surface area contributed by atoms with E-state index in [1.54, 1.807) is 6.20 Å². The molecule has 24 heavy (non-hydrogen) atoms. The number of morpholine rings is 1. The zero-order valence-corrected chi connectivity index (χ0v) is 14.1. The Bertz CT molecular complexity index is 663. The molecule has 0 bridgehead atoms. The lowest BCUT2D eigenvalue weighted by Gasteiger charge is -2.35. The largest absolute Gasteiger partial charge is 0.381 e. The molecule has 2 heterocycles. The number of hydrogen-bond acceptors (Lipinski definition) is 4. The summed E-state index contributed by atoms with van der Waals surface area (Å²) in [4.78, 5) is 18.6. The van der Waals surface area contributed by atoms with E-state index in [0.29, 0.717) is 25.2 Å². The molecule has 0 radical (unpaired) electrons. The van der Waals surface area contributed by atoms with Crippen molar-refractivity contribution in [3.05, 3.63) is 59.9 Å². The third-order valence-electron chi connectivity index (χ3n) is 4.06. The van der Waals surface area contributed by atoms with Gasteiger partial charge in [0.15, 0.2) is 0 Å². The highest BCUT2D eigenvalue weighted by atomic mass is 16.5. The summed E-state index contributed by atoms with van der Waals surface area (Å²) in [6.07, 6.45) is 3.76. The molecular formula is C19H23N3O2. The summed E-state index contributed by atoms with van der Waals surface area (Å²) in [7, 11) is 0. The van der Waals surface area contributed by atoms with Crippen LogP contribution in [0.2, 0.25) is 0 Å². The van der Waals surface area contributed by atoms with E-state index in [0.717, 1.165) is 11.3 Å². The molecule has 1 aromatic carbocycles. The van der Waals surface area contributed by atoms with E-state index in [1.807, 2.05) is 61.3 Å². The van der Waals surface area contributed by atoms with Crippen LogP contribution in [0.3, 0.4) is 0 Å². The van der Waals surface area contributed by atoms with Gasteiger partial charge >= 0.3 is 0 Å². The molecule has 5 nitrogen and oxygen atoms in total. The van der Waals surface area contributed by atoms with Crippen LogP contribution in [0.1, 0.15) is 29.8 Å². The predicted molar refractivity (Wildman–Crippen MR) is 93.9 cm³/mol. The molecule has 1 aliphatic rings. The van der Waals surface area contributed by atoms with Crippen LogP contribution in [0, 0.1) is 0 Å². The zero-order chi connectivity index (χ0) is 16.9. The SMILES string of the molecule is C[C@H]1CN(C(=O)c2ccc(NCc3cccnc3)cc2)C[C@H](C)O1. The van der Waals surface area contributed by atoms with E-state index in [1.165, 1.54) is 0 Å². The van der Waals surface area contributed by atoms with Crippen molar-refractivity contribution in [2.75, 3.05) is 18.4 Å². The van der Waals surface area contributed by atoms with Crippen LogP contribution >= 0.6 is 0 Å². The normalized spacial score (nSPS) is 20.7. The molecule has 1 aromatic heterocycles. The number of ether oxygens (including phenoxy) is 1. The number of nitrogens with zero attached hydrogens (tertiary/aromatic N) is 2. The average Bonchev–Trinajstić information content (AvgIpc) is 2.60. The molecule has 1 amide bonds. The fourth-order valence-electron chi connectivity index (χ4n) is 2.96. The van der Waals surface area contributed by atoms with Gasteiger partial charge in [-0.3, -0.25) is 9.78 Å². The molecule has 3 rings (SSSR count). The minimum atomic E-state index is 0.0656. The molecule has 1 aliphatic heterocycles. The Morgan fingerprint density at radius 3 is 2.54 bits per heavy atom. The van der Waals surface area contributed by atoms with Gasteiger partial charge < -0.3 is 15.0 Å². The summed E-state index contributed by atoms with van der Waals surface area (Å²) < 4.78 is 5.69. The van der Waals surface area contributed by atoms with E-state index in [4.69, 9.17) is 4.74 Å². The Hall–Kier alpha value is -2.40. The minimum Gasteiger partial charge on any atom is -0.381 e. The Kier molecular flexibility index (Phi) is 5.11. The Labute approximate surface area is 142 Å². The maximum atomic E-state index is 12.6. The Morgan fingerprint density at radius 1 is 1.21 bits per heavy atom. The number of carbonyl (C=O) groups excluding carboxylic acids is 1. The highest BCUT2D eigenvalue weighted by molar-refractivity contribution is 5.94. The molecule has 0 unspecified atom stereocenters. The molecular weight excluding hydrogens is 302 g/mol. The van der Waals surface area contributed by atoms with Crippen LogP contribution in [-0.2, 0) is 11.3 Å². The highest BCUT2D eigenvalue weighted by Crippen LogP contribution is 2.16. The third-order valence-corrected chi connectivity index (χ3v) is 4.06. The summed E-state index contributed by atoms with van der Waals surface area (Å²) in [6.45, 7) is 6.00. The van der Waals surface area contributed by atoms with Crippen molar-refractivity contribution < 1.29 is 9.53 Å². The molecule has 0 saturated carbocycles. The van der Waals surface area contributed by atoms with Gasteiger partial charge in [-0.05, 0) is 49.7 Å². The summed E-state index contributed by atoms with van der Waals surface area (Å²) in [5.41, 5.74) is 2.82. The lowest BCUT2D eigenvalue weighted by atomic mass is 10.1.